The van der Waals surface area contributed by atoms with E-state index in [0.717, 1.165) is 16.0 Å². The van der Waals surface area contributed by atoms with Crippen LogP contribution in [0.2, 0.25) is 0 Å². The number of nitrogens with one attached hydrogen (secondary N) is 2. The molecule has 20 heavy (non-hydrogen) atoms. The molecule has 0 aliphatic carbocycles. The first-order chi connectivity index (χ1) is 9.48. The summed E-state index contributed by atoms with van der Waals surface area (Å²) in [5.41, 5.74) is 1.53. The van der Waals surface area contributed by atoms with E-state index in [0.29, 0.717) is 5.69 Å². The maximum absolute atomic E-state index is 11.4. The lowest BCUT2D eigenvalue weighted by Gasteiger charge is -2.08. The van der Waals surface area contributed by atoms with Gasteiger partial charge >= 0.3 is 0 Å². The smallest absolute Gasteiger partial charge is 0.232 e. The van der Waals surface area contributed by atoms with Crippen molar-refractivity contribution < 1.29 is 8.42 Å². The second-order valence-electron chi connectivity index (χ2n) is 4.14. The van der Waals surface area contributed by atoms with Gasteiger partial charge in [-0.2, -0.15) is 0 Å². The Bertz CT molecular complexity index is 666. The number of benzene rings is 1. The van der Waals surface area contributed by atoms with Crippen LogP contribution in [0.15, 0.2) is 40.2 Å². The molecule has 0 spiro atoms. The third-order valence-corrected chi connectivity index (χ3v) is 5.56. The summed E-state index contributed by atoms with van der Waals surface area (Å²) in [6, 6.07) is 11.3. The van der Waals surface area contributed by atoms with Crippen molar-refractivity contribution in [2.75, 3.05) is 15.8 Å². The second-order valence-corrected chi connectivity index (χ2v) is 8.70. The van der Waals surface area contributed by atoms with E-state index in [1.165, 1.54) is 4.88 Å². The topological polar surface area (TPSA) is 58.2 Å². The van der Waals surface area contributed by atoms with E-state index >= 15 is 0 Å². The van der Waals surface area contributed by atoms with Gasteiger partial charge in [0.2, 0.25) is 10.0 Å². The zero-order valence-electron chi connectivity index (χ0n) is 10.9. The monoisotopic (exact) mass is 374 g/mol. The summed E-state index contributed by atoms with van der Waals surface area (Å²) in [6.07, 6.45) is 0. The first kappa shape index (κ1) is 15.3. The molecule has 2 aromatic rings. The van der Waals surface area contributed by atoms with Crippen molar-refractivity contribution in [1.82, 2.24) is 0 Å². The van der Waals surface area contributed by atoms with Crippen molar-refractivity contribution in [2.45, 2.75) is 13.5 Å². The number of rotatable bonds is 6. The van der Waals surface area contributed by atoms with Crippen molar-refractivity contribution >= 4 is 48.7 Å². The molecule has 0 radical (unpaired) electrons. The minimum Gasteiger partial charge on any atom is -0.380 e. The number of sulfonamides is 1. The largest absolute Gasteiger partial charge is 0.380 e. The maximum Gasteiger partial charge on any atom is 0.232 e. The summed E-state index contributed by atoms with van der Waals surface area (Å²) < 4.78 is 26.5. The molecule has 2 N–H and O–H groups in total. The van der Waals surface area contributed by atoms with Crippen LogP contribution in [0.4, 0.5) is 11.4 Å². The molecule has 1 heterocycles. The van der Waals surface area contributed by atoms with Gasteiger partial charge in [0.05, 0.1) is 9.54 Å². The molecule has 0 bridgehead atoms. The van der Waals surface area contributed by atoms with E-state index < -0.39 is 10.0 Å². The molecule has 7 heteroatoms. The first-order valence-corrected chi connectivity index (χ1v) is 9.33. The average molecular weight is 375 g/mol. The molecule has 0 unspecified atom stereocenters. The van der Waals surface area contributed by atoms with Crippen molar-refractivity contribution in [3.63, 3.8) is 0 Å². The Morgan fingerprint density at radius 1 is 1.10 bits per heavy atom. The van der Waals surface area contributed by atoms with Gasteiger partial charge in [-0.25, -0.2) is 8.42 Å². The Balaban J connectivity index is 1.94. The van der Waals surface area contributed by atoms with E-state index in [9.17, 15) is 8.42 Å². The zero-order valence-corrected chi connectivity index (χ0v) is 14.1. The number of thiophene rings is 1. The lowest BCUT2D eigenvalue weighted by molar-refractivity contribution is 0.602. The summed E-state index contributed by atoms with van der Waals surface area (Å²) >= 11 is 5.11. The van der Waals surface area contributed by atoms with Gasteiger partial charge in [-0.3, -0.25) is 4.72 Å². The average Bonchev–Trinajstić information content (AvgIpc) is 2.83. The lowest BCUT2D eigenvalue weighted by Crippen LogP contribution is -2.14. The molecule has 0 atom stereocenters. The Morgan fingerprint density at radius 2 is 1.75 bits per heavy atom. The maximum atomic E-state index is 11.4. The summed E-state index contributed by atoms with van der Waals surface area (Å²) in [5.74, 6) is 0.0697. The zero-order chi connectivity index (χ0) is 14.6. The van der Waals surface area contributed by atoms with Crippen LogP contribution in [0.3, 0.4) is 0 Å². The van der Waals surface area contributed by atoms with E-state index in [4.69, 9.17) is 0 Å². The molecule has 0 saturated carbocycles. The predicted octanol–water partition coefficient (Wildman–Crippen LogP) is 3.88. The summed E-state index contributed by atoms with van der Waals surface area (Å²) in [7, 11) is -3.21. The van der Waals surface area contributed by atoms with Crippen LogP contribution in [0.1, 0.15) is 11.8 Å². The molecule has 1 aromatic heterocycles. The first-order valence-electron chi connectivity index (χ1n) is 6.07. The Labute approximate surface area is 131 Å². The van der Waals surface area contributed by atoms with Gasteiger partial charge in [-0.05, 0) is 59.3 Å². The minimum absolute atomic E-state index is 0.0697. The van der Waals surface area contributed by atoms with Gasteiger partial charge in [0.1, 0.15) is 0 Å². The Hall–Kier alpha value is -1.05. The summed E-state index contributed by atoms with van der Waals surface area (Å²) in [4.78, 5) is 1.23. The number of halogens is 1. The van der Waals surface area contributed by atoms with E-state index in [-0.39, 0.29) is 5.75 Å². The molecule has 0 aliphatic heterocycles. The quantitative estimate of drug-likeness (QED) is 0.806. The molecular formula is C13H15BrN2O2S2. The fourth-order valence-electron chi connectivity index (χ4n) is 1.54. The van der Waals surface area contributed by atoms with Crippen LogP contribution in [-0.2, 0) is 16.6 Å². The fourth-order valence-corrected chi connectivity index (χ4v) is 3.61. The molecule has 0 fully saturated rings. The minimum atomic E-state index is -3.21. The highest BCUT2D eigenvalue weighted by Crippen LogP contribution is 2.23. The highest BCUT2D eigenvalue weighted by atomic mass is 79.9. The van der Waals surface area contributed by atoms with Crippen molar-refractivity contribution in [3.8, 4) is 0 Å². The SMILES string of the molecule is CCS(=O)(=O)Nc1ccc(NCc2ccc(Br)s2)cc1. The molecule has 0 saturated heterocycles. The lowest BCUT2D eigenvalue weighted by atomic mass is 10.3. The highest BCUT2D eigenvalue weighted by molar-refractivity contribution is 9.11. The summed E-state index contributed by atoms with van der Waals surface area (Å²) in [5, 5.41) is 3.29. The van der Waals surface area contributed by atoms with Crippen LogP contribution in [-0.4, -0.2) is 14.2 Å². The third-order valence-electron chi connectivity index (χ3n) is 2.63. The normalized spacial score (nSPS) is 11.3. The van der Waals surface area contributed by atoms with Crippen molar-refractivity contribution in [3.05, 3.63) is 45.1 Å². The van der Waals surface area contributed by atoms with Gasteiger partial charge in [-0.1, -0.05) is 0 Å². The van der Waals surface area contributed by atoms with Crippen LogP contribution in [0, 0.1) is 0 Å². The number of hydrogen-bond acceptors (Lipinski definition) is 4. The van der Waals surface area contributed by atoms with E-state index in [1.807, 2.05) is 18.2 Å². The van der Waals surface area contributed by atoms with E-state index in [2.05, 4.69) is 32.0 Å². The van der Waals surface area contributed by atoms with Crippen molar-refractivity contribution in [1.29, 1.82) is 0 Å². The van der Waals surface area contributed by atoms with Gasteiger partial charge in [0.25, 0.3) is 0 Å². The highest BCUT2D eigenvalue weighted by Gasteiger charge is 2.06. The second kappa shape index (κ2) is 6.60. The predicted molar refractivity (Wildman–Crippen MR) is 88.9 cm³/mol. The van der Waals surface area contributed by atoms with Gasteiger partial charge in [0, 0.05) is 22.8 Å². The Kier molecular flexibility index (Phi) is 5.06. The van der Waals surface area contributed by atoms with Crippen LogP contribution >= 0.6 is 27.3 Å². The van der Waals surface area contributed by atoms with E-state index in [1.54, 1.807) is 30.4 Å². The molecule has 0 amide bonds. The molecule has 4 nitrogen and oxygen atoms in total. The van der Waals surface area contributed by atoms with Gasteiger partial charge < -0.3 is 5.32 Å². The van der Waals surface area contributed by atoms with Crippen LogP contribution < -0.4 is 10.0 Å². The van der Waals surface area contributed by atoms with Crippen LogP contribution in [0.25, 0.3) is 0 Å². The summed E-state index contributed by atoms with van der Waals surface area (Å²) in [6.45, 7) is 2.35. The number of anilines is 2. The molecule has 1 aromatic carbocycles. The molecule has 108 valence electrons. The molecule has 0 aliphatic rings. The van der Waals surface area contributed by atoms with Crippen LogP contribution in [0.5, 0.6) is 0 Å². The number of hydrogen-bond donors (Lipinski definition) is 2. The van der Waals surface area contributed by atoms with Gasteiger partial charge in [0.15, 0.2) is 0 Å². The third kappa shape index (κ3) is 4.50. The molecular weight excluding hydrogens is 360 g/mol. The van der Waals surface area contributed by atoms with Crippen molar-refractivity contribution in [2.24, 2.45) is 0 Å². The Morgan fingerprint density at radius 3 is 2.30 bits per heavy atom. The van der Waals surface area contributed by atoms with Gasteiger partial charge in [-0.15, -0.1) is 11.3 Å². The standard InChI is InChI=1S/C13H15BrN2O2S2/c1-2-20(17,18)16-11-5-3-10(4-6-11)15-9-12-7-8-13(14)19-12/h3-8,15-16H,2,9H2,1H3. The molecule has 2 rings (SSSR count). The fraction of sp³-hybridized carbons (Fsp3) is 0.231.